The lowest BCUT2D eigenvalue weighted by Gasteiger charge is -2.16. The van der Waals surface area contributed by atoms with Gasteiger partial charge in [0, 0.05) is 30.2 Å². The largest absolute Gasteiger partial charge is 0.478 e. The molecule has 34 heavy (non-hydrogen) atoms. The van der Waals surface area contributed by atoms with Crippen molar-refractivity contribution in [2.24, 2.45) is 0 Å². The highest BCUT2D eigenvalue weighted by Gasteiger charge is 2.21. The highest BCUT2D eigenvalue weighted by molar-refractivity contribution is 6.05. The van der Waals surface area contributed by atoms with E-state index in [4.69, 9.17) is 4.98 Å². The third-order valence-corrected chi connectivity index (χ3v) is 5.96. The first kappa shape index (κ1) is 23.0. The quantitative estimate of drug-likeness (QED) is 0.307. The van der Waals surface area contributed by atoms with Crippen LogP contribution in [0.1, 0.15) is 50.9 Å². The first-order chi connectivity index (χ1) is 16.4. The number of anilines is 1. The maximum atomic E-state index is 12.4. The Morgan fingerprint density at radius 3 is 2.32 bits per heavy atom. The number of aromatic carboxylic acids is 2. The van der Waals surface area contributed by atoms with Crippen LogP contribution >= 0.6 is 0 Å². The van der Waals surface area contributed by atoms with Crippen molar-refractivity contribution in [2.45, 2.75) is 26.2 Å². The third-order valence-electron chi connectivity index (χ3n) is 5.96. The Morgan fingerprint density at radius 1 is 0.941 bits per heavy atom. The first-order valence-electron chi connectivity index (χ1n) is 11.2. The lowest BCUT2D eigenvalue weighted by molar-refractivity contribution is 0.0687. The molecule has 4 aromatic rings. The van der Waals surface area contributed by atoms with Gasteiger partial charge in [0.25, 0.3) is 0 Å². The molecule has 0 radical (unpaired) electrons. The highest BCUT2D eigenvalue weighted by Crippen LogP contribution is 2.30. The fourth-order valence-corrected chi connectivity index (χ4v) is 4.31. The Balaban J connectivity index is 1.79. The minimum atomic E-state index is -0.974. The molecule has 1 heterocycles. The van der Waals surface area contributed by atoms with Crippen LogP contribution in [0.2, 0.25) is 0 Å². The van der Waals surface area contributed by atoms with E-state index in [1.807, 2.05) is 48.5 Å². The number of carboxylic acids is 2. The number of carboxylic acid groups (broad SMARTS) is 2. The summed E-state index contributed by atoms with van der Waals surface area (Å²) < 4.78 is 0. The van der Waals surface area contributed by atoms with Crippen molar-refractivity contribution in [3.8, 4) is 11.1 Å². The number of hydrogen-bond acceptors (Lipinski definition) is 4. The second-order valence-corrected chi connectivity index (χ2v) is 8.17. The first-order valence-corrected chi connectivity index (χ1v) is 11.2. The Labute approximate surface area is 197 Å². The molecule has 1 aromatic heterocycles. The number of hydrogen-bond donors (Lipinski definition) is 3. The maximum Gasteiger partial charge on any atom is 0.336 e. The molecule has 3 N–H and O–H groups in total. The van der Waals surface area contributed by atoms with E-state index in [0.717, 1.165) is 28.9 Å². The van der Waals surface area contributed by atoms with Gasteiger partial charge in [0.15, 0.2) is 0 Å². The molecule has 0 aliphatic rings. The zero-order chi connectivity index (χ0) is 24.2. The van der Waals surface area contributed by atoms with Gasteiger partial charge in [-0.05, 0) is 52.9 Å². The summed E-state index contributed by atoms with van der Waals surface area (Å²) in [6.45, 7) is 2.05. The molecule has 0 saturated carbocycles. The average Bonchev–Trinajstić information content (AvgIpc) is 2.84. The fraction of sp³-hybridized carbons (Fsp3) is 0.179. The standard InChI is InChI=1S/C28H26N2O4/c1-3-6-24-22(26(28(33)34)23-16-19(29-2)13-14-25(23)30-24)15-17-9-11-18(12-10-17)20-7-4-5-8-21(20)27(31)32/h4-5,7-14,16,29H,3,6,15H2,1-2H3,(H,31,32)(H,33,34). The second-order valence-electron chi connectivity index (χ2n) is 8.17. The lowest BCUT2D eigenvalue weighted by Crippen LogP contribution is -2.11. The van der Waals surface area contributed by atoms with E-state index in [9.17, 15) is 19.8 Å². The Morgan fingerprint density at radius 2 is 1.68 bits per heavy atom. The molecule has 0 fully saturated rings. The van der Waals surface area contributed by atoms with Crippen LogP contribution in [0.5, 0.6) is 0 Å². The zero-order valence-corrected chi connectivity index (χ0v) is 19.1. The number of aryl methyl sites for hydroxylation is 1. The van der Waals surface area contributed by atoms with Crippen molar-refractivity contribution in [3.63, 3.8) is 0 Å². The van der Waals surface area contributed by atoms with Gasteiger partial charge in [-0.1, -0.05) is 55.8 Å². The molecule has 172 valence electrons. The van der Waals surface area contributed by atoms with Crippen LogP contribution in [0.15, 0.2) is 66.7 Å². The van der Waals surface area contributed by atoms with E-state index in [2.05, 4.69) is 12.2 Å². The number of pyridine rings is 1. The van der Waals surface area contributed by atoms with Gasteiger partial charge in [0.2, 0.25) is 0 Å². The zero-order valence-electron chi connectivity index (χ0n) is 19.1. The van der Waals surface area contributed by atoms with E-state index >= 15 is 0 Å². The number of aromatic nitrogens is 1. The molecule has 0 bridgehead atoms. The second kappa shape index (κ2) is 9.75. The van der Waals surface area contributed by atoms with Crippen molar-refractivity contribution in [2.75, 3.05) is 12.4 Å². The van der Waals surface area contributed by atoms with Crippen LogP contribution in [-0.4, -0.2) is 34.2 Å². The van der Waals surface area contributed by atoms with E-state index in [1.165, 1.54) is 0 Å². The molecule has 0 atom stereocenters. The molecule has 0 aliphatic heterocycles. The molecular formula is C28H26N2O4. The summed E-state index contributed by atoms with van der Waals surface area (Å²) in [4.78, 5) is 28.8. The summed E-state index contributed by atoms with van der Waals surface area (Å²) in [7, 11) is 1.80. The van der Waals surface area contributed by atoms with Crippen molar-refractivity contribution in [3.05, 3.63) is 94.7 Å². The van der Waals surface area contributed by atoms with Crippen LogP contribution in [0.3, 0.4) is 0 Å². The van der Waals surface area contributed by atoms with Crippen molar-refractivity contribution in [1.82, 2.24) is 4.98 Å². The molecule has 4 rings (SSSR count). The van der Waals surface area contributed by atoms with Crippen molar-refractivity contribution in [1.29, 1.82) is 0 Å². The van der Waals surface area contributed by atoms with Gasteiger partial charge in [-0.25, -0.2) is 9.59 Å². The minimum absolute atomic E-state index is 0.243. The molecule has 3 aromatic carbocycles. The monoisotopic (exact) mass is 454 g/mol. The topological polar surface area (TPSA) is 99.5 Å². The fourth-order valence-electron chi connectivity index (χ4n) is 4.31. The number of fused-ring (bicyclic) bond motifs is 1. The summed E-state index contributed by atoms with van der Waals surface area (Å²) in [6.07, 6.45) is 1.96. The van der Waals surface area contributed by atoms with Crippen molar-refractivity contribution >= 4 is 28.5 Å². The maximum absolute atomic E-state index is 12.4. The predicted molar refractivity (Wildman–Crippen MR) is 134 cm³/mol. The predicted octanol–water partition coefficient (Wildman–Crippen LogP) is 5.88. The van der Waals surface area contributed by atoms with Crippen LogP contribution in [-0.2, 0) is 12.8 Å². The third kappa shape index (κ3) is 4.48. The SMILES string of the molecule is CCCc1nc2ccc(NC)cc2c(C(=O)O)c1Cc1ccc(-c2ccccc2C(=O)O)cc1. The van der Waals surface area contributed by atoms with Gasteiger partial charge >= 0.3 is 11.9 Å². The molecule has 6 nitrogen and oxygen atoms in total. The Hall–Kier alpha value is -4.19. The van der Waals surface area contributed by atoms with E-state index in [1.54, 1.807) is 25.2 Å². The van der Waals surface area contributed by atoms with Crippen LogP contribution < -0.4 is 5.32 Å². The molecule has 0 unspecified atom stereocenters. The van der Waals surface area contributed by atoms with Gasteiger partial charge < -0.3 is 15.5 Å². The summed E-state index contributed by atoms with van der Waals surface area (Å²) in [5.41, 5.74) is 5.91. The van der Waals surface area contributed by atoms with Crippen LogP contribution in [0.25, 0.3) is 22.0 Å². The molecule has 6 heteroatoms. The van der Waals surface area contributed by atoms with Crippen LogP contribution in [0, 0.1) is 0 Å². The summed E-state index contributed by atoms with van der Waals surface area (Å²) >= 11 is 0. The minimum Gasteiger partial charge on any atom is -0.478 e. The Kier molecular flexibility index (Phi) is 6.59. The van der Waals surface area contributed by atoms with Gasteiger partial charge in [-0.15, -0.1) is 0 Å². The molecule has 0 amide bonds. The number of benzene rings is 3. The van der Waals surface area contributed by atoms with Gasteiger partial charge in [0.05, 0.1) is 16.6 Å². The number of nitrogens with one attached hydrogen (secondary N) is 1. The lowest BCUT2D eigenvalue weighted by atomic mass is 9.92. The summed E-state index contributed by atoms with van der Waals surface area (Å²) in [5, 5.41) is 23.3. The molecule has 0 spiro atoms. The number of nitrogens with zero attached hydrogens (tertiary/aromatic N) is 1. The van der Waals surface area contributed by atoms with Gasteiger partial charge in [0.1, 0.15) is 0 Å². The van der Waals surface area contributed by atoms with E-state index < -0.39 is 11.9 Å². The normalized spacial score (nSPS) is 10.9. The van der Waals surface area contributed by atoms with Gasteiger partial charge in [-0.3, -0.25) is 4.98 Å². The molecule has 0 aliphatic carbocycles. The number of rotatable bonds is 8. The van der Waals surface area contributed by atoms with E-state index in [-0.39, 0.29) is 11.1 Å². The van der Waals surface area contributed by atoms with Crippen molar-refractivity contribution < 1.29 is 19.8 Å². The smallest absolute Gasteiger partial charge is 0.336 e. The Bertz CT molecular complexity index is 1380. The van der Waals surface area contributed by atoms with Crippen LogP contribution in [0.4, 0.5) is 5.69 Å². The summed E-state index contributed by atoms with van der Waals surface area (Å²) in [6, 6.07) is 20.1. The molecule has 0 saturated heterocycles. The van der Waals surface area contributed by atoms with Gasteiger partial charge in [-0.2, -0.15) is 0 Å². The van der Waals surface area contributed by atoms with E-state index in [0.29, 0.717) is 34.9 Å². The number of carbonyl (C=O) groups is 2. The molecular weight excluding hydrogens is 428 g/mol. The highest BCUT2D eigenvalue weighted by atomic mass is 16.4. The average molecular weight is 455 g/mol. The summed E-state index contributed by atoms with van der Waals surface area (Å²) in [5.74, 6) is -1.95.